The second-order valence-electron chi connectivity index (χ2n) is 3.18. The number of rotatable bonds is 3. The highest BCUT2D eigenvalue weighted by Gasteiger charge is 2.08. The van der Waals surface area contributed by atoms with Gasteiger partial charge in [0.15, 0.2) is 9.84 Å². The Morgan fingerprint density at radius 2 is 1.75 bits per heavy atom. The van der Waals surface area contributed by atoms with Crippen LogP contribution in [0.5, 0.6) is 0 Å². The van der Waals surface area contributed by atoms with Crippen LogP contribution in [-0.4, -0.2) is 8.42 Å². The number of hydrogen-bond acceptors (Lipinski definition) is 3. The molecule has 0 aliphatic rings. The zero-order chi connectivity index (χ0) is 11.4. The molecule has 3 nitrogen and oxygen atoms in total. The van der Waals surface area contributed by atoms with Crippen molar-refractivity contribution in [2.24, 2.45) is 0 Å². The third-order valence-electron chi connectivity index (χ3n) is 2.03. The Hall–Kier alpha value is -1.81. The minimum atomic E-state index is -3.38. The molecule has 1 heterocycles. The van der Waals surface area contributed by atoms with E-state index in [1.54, 1.807) is 42.5 Å². The number of hydrogen-bond donors (Lipinski definition) is 0. The highest BCUT2D eigenvalue weighted by atomic mass is 32.2. The van der Waals surface area contributed by atoms with Crippen LogP contribution in [0.1, 0.15) is 5.76 Å². The molecule has 2 aromatic rings. The fourth-order valence-corrected chi connectivity index (χ4v) is 2.24. The predicted molar refractivity (Wildman–Crippen MR) is 61.4 cm³/mol. The molecule has 82 valence electrons. The molecular weight excluding hydrogens is 224 g/mol. The number of furan rings is 1. The molecule has 0 amide bonds. The molecule has 0 saturated carbocycles. The fourth-order valence-electron chi connectivity index (χ4n) is 1.23. The molecule has 16 heavy (non-hydrogen) atoms. The molecule has 0 radical (unpaired) electrons. The topological polar surface area (TPSA) is 47.3 Å². The molecule has 0 unspecified atom stereocenters. The summed E-state index contributed by atoms with van der Waals surface area (Å²) in [5.74, 6) is 0.513. The van der Waals surface area contributed by atoms with E-state index in [1.165, 1.54) is 12.3 Å². The summed E-state index contributed by atoms with van der Waals surface area (Å²) in [6.07, 6.45) is 2.93. The van der Waals surface area contributed by atoms with E-state index < -0.39 is 9.84 Å². The number of benzene rings is 1. The van der Waals surface area contributed by atoms with Gasteiger partial charge < -0.3 is 4.42 Å². The summed E-state index contributed by atoms with van der Waals surface area (Å²) < 4.78 is 28.6. The van der Waals surface area contributed by atoms with Crippen molar-refractivity contribution in [3.63, 3.8) is 0 Å². The van der Waals surface area contributed by atoms with Crippen molar-refractivity contribution in [2.75, 3.05) is 0 Å². The van der Waals surface area contributed by atoms with Crippen LogP contribution < -0.4 is 0 Å². The first-order valence-electron chi connectivity index (χ1n) is 4.70. The first-order chi connectivity index (χ1) is 7.68. The molecule has 1 aromatic carbocycles. The van der Waals surface area contributed by atoms with Gasteiger partial charge in [0.1, 0.15) is 5.76 Å². The Kier molecular flexibility index (Phi) is 2.92. The standard InChI is InChI=1S/C12H10O3S/c13-16(14,12-6-2-1-3-7-12)10-8-11-5-4-9-15-11/h1-10H/b10-8-. The quantitative estimate of drug-likeness (QED) is 0.820. The van der Waals surface area contributed by atoms with Gasteiger partial charge in [-0.25, -0.2) is 8.42 Å². The average Bonchev–Trinajstić information content (AvgIpc) is 2.81. The van der Waals surface area contributed by atoms with Crippen molar-refractivity contribution < 1.29 is 12.8 Å². The van der Waals surface area contributed by atoms with Crippen LogP contribution in [0.4, 0.5) is 0 Å². The molecule has 0 bridgehead atoms. The minimum Gasteiger partial charge on any atom is -0.465 e. The largest absolute Gasteiger partial charge is 0.465 e. The molecule has 0 atom stereocenters. The van der Waals surface area contributed by atoms with Crippen LogP contribution in [0, 0.1) is 0 Å². The molecule has 0 fully saturated rings. The molecule has 2 rings (SSSR count). The predicted octanol–water partition coefficient (Wildman–Crippen LogP) is 2.72. The van der Waals surface area contributed by atoms with E-state index >= 15 is 0 Å². The van der Waals surface area contributed by atoms with E-state index in [2.05, 4.69) is 0 Å². The lowest BCUT2D eigenvalue weighted by molar-refractivity contribution is 0.557. The first-order valence-corrected chi connectivity index (χ1v) is 6.25. The molecule has 4 heteroatoms. The van der Waals surface area contributed by atoms with E-state index in [4.69, 9.17) is 4.42 Å². The summed E-state index contributed by atoms with van der Waals surface area (Å²) in [7, 11) is -3.38. The lowest BCUT2D eigenvalue weighted by atomic mass is 10.4. The first kappa shape index (κ1) is 10.7. The summed E-state index contributed by atoms with van der Waals surface area (Å²) >= 11 is 0. The summed E-state index contributed by atoms with van der Waals surface area (Å²) in [5, 5.41) is 1.14. The maximum Gasteiger partial charge on any atom is 0.199 e. The van der Waals surface area contributed by atoms with Gasteiger partial charge in [-0.2, -0.15) is 0 Å². The van der Waals surface area contributed by atoms with Gasteiger partial charge in [0.05, 0.1) is 11.2 Å². The molecule has 0 N–H and O–H groups in total. The van der Waals surface area contributed by atoms with Crippen molar-refractivity contribution in [1.29, 1.82) is 0 Å². The van der Waals surface area contributed by atoms with Gasteiger partial charge in [0, 0.05) is 5.41 Å². The Labute approximate surface area is 93.9 Å². The van der Waals surface area contributed by atoms with Gasteiger partial charge in [0.2, 0.25) is 0 Å². The zero-order valence-electron chi connectivity index (χ0n) is 8.41. The van der Waals surface area contributed by atoms with Crippen LogP contribution in [-0.2, 0) is 9.84 Å². The zero-order valence-corrected chi connectivity index (χ0v) is 9.22. The normalized spacial score (nSPS) is 12.0. The van der Waals surface area contributed by atoms with Crippen LogP contribution in [0.15, 0.2) is 63.4 Å². The van der Waals surface area contributed by atoms with Crippen molar-refractivity contribution in [3.05, 3.63) is 59.9 Å². The van der Waals surface area contributed by atoms with Crippen molar-refractivity contribution in [1.82, 2.24) is 0 Å². The van der Waals surface area contributed by atoms with Gasteiger partial charge in [-0.3, -0.25) is 0 Å². The van der Waals surface area contributed by atoms with E-state index in [0.29, 0.717) is 5.76 Å². The van der Waals surface area contributed by atoms with Gasteiger partial charge in [0.25, 0.3) is 0 Å². The van der Waals surface area contributed by atoms with Crippen LogP contribution >= 0.6 is 0 Å². The van der Waals surface area contributed by atoms with E-state index in [-0.39, 0.29) is 4.90 Å². The fraction of sp³-hybridized carbons (Fsp3) is 0. The smallest absolute Gasteiger partial charge is 0.199 e. The molecule has 0 spiro atoms. The second-order valence-corrected chi connectivity index (χ2v) is 5.01. The van der Waals surface area contributed by atoms with Crippen molar-refractivity contribution >= 4 is 15.9 Å². The number of sulfone groups is 1. The van der Waals surface area contributed by atoms with Crippen molar-refractivity contribution in [2.45, 2.75) is 4.90 Å². The van der Waals surface area contributed by atoms with E-state index in [1.807, 2.05) is 0 Å². The molecule has 1 aromatic heterocycles. The molecule has 0 saturated heterocycles. The second kappa shape index (κ2) is 4.37. The Morgan fingerprint density at radius 1 is 1.00 bits per heavy atom. The van der Waals surface area contributed by atoms with E-state index in [0.717, 1.165) is 5.41 Å². The maximum atomic E-state index is 11.8. The minimum absolute atomic E-state index is 0.276. The highest BCUT2D eigenvalue weighted by Crippen LogP contribution is 2.13. The lowest BCUT2D eigenvalue weighted by Crippen LogP contribution is -1.94. The molecule has 0 aliphatic heterocycles. The van der Waals surface area contributed by atoms with E-state index in [9.17, 15) is 8.42 Å². The third kappa shape index (κ3) is 2.41. The maximum absolute atomic E-state index is 11.8. The average molecular weight is 234 g/mol. The summed E-state index contributed by atoms with van der Waals surface area (Å²) in [4.78, 5) is 0.276. The Balaban J connectivity index is 2.28. The summed E-state index contributed by atoms with van der Waals surface area (Å²) in [5.41, 5.74) is 0. The lowest BCUT2D eigenvalue weighted by Gasteiger charge is -1.96. The van der Waals surface area contributed by atoms with Gasteiger partial charge in [-0.15, -0.1) is 0 Å². The van der Waals surface area contributed by atoms with Crippen molar-refractivity contribution in [3.8, 4) is 0 Å². The summed E-state index contributed by atoms with van der Waals surface area (Å²) in [6, 6.07) is 11.7. The van der Waals surface area contributed by atoms with Crippen LogP contribution in [0.2, 0.25) is 0 Å². The van der Waals surface area contributed by atoms with Crippen LogP contribution in [0.3, 0.4) is 0 Å². The summed E-state index contributed by atoms with van der Waals surface area (Å²) in [6.45, 7) is 0. The SMILES string of the molecule is O=S(=O)(/C=C\c1ccco1)c1ccccc1. The van der Waals surface area contributed by atoms with Crippen LogP contribution in [0.25, 0.3) is 6.08 Å². The highest BCUT2D eigenvalue weighted by molar-refractivity contribution is 7.94. The third-order valence-corrected chi connectivity index (χ3v) is 3.45. The van der Waals surface area contributed by atoms with Gasteiger partial charge in [-0.1, -0.05) is 18.2 Å². The van der Waals surface area contributed by atoms with Gasteiger partial charge in [-0.05, 0) is 30.3 Å². The monoisotopic (exact) mass is 234 g/mol. The molecule has 0 aliphatic carbocycles. The Morgan fingerprint density at radius 3 is 2.38 bits per heavy atom. The molecular formula is C12H10O3S. The Bertz CT molecular complexity index is 566. The van der Waals surface area contributed by atoms with Gasteiger partial charge >= 0.3 is 0 Å².